The van der Waals surface area contributed by atoms with Crippen molar-refractivity contribution in [2.45, 2.75) is 44.6 Å². The van der Waals surface area contributed by atoms with Crippen molar-refractivity contribution in [1.82, 2.24) is 4.90 Å². The number of piperidine rings is 1. The number of furan rings is 1. The van der Waals surface area contributed by atoms with E-state index >= 15 is 0 Å². The van der Waals surface area contributed by atoms with Gasteiger partial charge in [-0.2, -0.15) is 0 Å². The van der Waals surface area contributed by atoms with Crippen LogP contribution in [0.4, 0.5) is 0 Å². The van der Waals surface area contributed by atoms with Crippen LogP contribution in [0.2, 0.25) is 0 Å². The molecule has 1 saturated carbocycles. The smallest absolute Gasteiger partial charge is 0.338 e. The van der Waals surface area contributed by atoms with E-state index in [9.17, 15) is 14.7 Å². The molecule has 25 heavy (non-hydrogen) atoms. The minimum atomic E-state index is -1.48. The Morgan fingerprint density at radius 3 is 2.68 bits per heavy atom. The van der Waals surface area contributed by atoms with Crippen molar-refractivity contribution in [1.29, 1.82) is 0 Å². The van der Waals surface area contributed by atoms with Crippen molar-refractivity contribution >= 4 is 18.0 Å². The molecular formula is C19H25NO5. The first-order valence-electron chi connectivity index (χ1n) is 8.89. The number of hydrogen-bond donors (Lipinski definition) is 1. The molecule has 0 radical (unpaired) electrons. The number of aliphatic hydroxyl groups is 1. The van der Waals surface area contributed by atoms with Gasteiger partial charge in [0.25, 0.3) is 0 Å². The van der Waals surface area contributed by atoms with Gasteiger partial charge in [0.2, 0.25) is 5.91 Å². The highest BCUT2D eigenvalue weighted by atomic mass is 16.5. The maximum atomic E-state index is 12.3. The summed E-state index contributed by atoms with van der Waals surface area (Å²) >= 11 is 0. The number of carbonyl (C=O) groups excluding carboxylic acids is 2. The van der Waals surface area contributed by atoms with Gasteiger partial charge in [-0.25, -0.2) is 4.79 Å². The number of nitrogens with zero attached hydrogens (tertiary/aromatic N) is 1. The number of hydrogen-bond acceptors (Lipinski definition) is 5. The fourth-order valence-electron chi connectivity index (χ4n) is 3.20. The van der Waals surface area contributed by atoms with E-state index in [1.54, 1.807) is 17.9 Å². The highest BCUT2D eigenvalue weighted by Crippen LogP contribution is 2.47. The van der Waals surface area contributed by atoms with Gasteiger partial charge >= 0.3 is 5.97 Å². The summed E-state index contributed by atoms with van der Waals surface area (Å²) in [5.41, 5.74) is -1.48. The summed E-state index contributed by atoms with van der Waals surface area (Å²) in [4.78, 5) is 25.7. The molecule has 1 aromatic rings. The van der Waals surface area contributed by atoms with Crippen LogP contribution in [-0.2, 0) is 14.3 Å². The first-order chi connectivity index (χ1) is 11.9. The lowest BCUT2D eigenvalue weighted by Crippen LogP contribution is -2.51. The number of amides is 1. The van der Waals surface area contributed by atoms with Crippen molar-refractivity contribution in [3.63, 3.8) is 0 Å². The van der Waals surface area contributed by atoms with Crippen LogP contribution in [0.1, 0.15) is 50.5 Å². The van der Waals surface area contributed by atoms with Crippen molar-refractivity contribution < 1.29 is 23.8 Å². The van der Waals surface area contributed by atoms with Gasteiger partial charge < -0.3 is 19.2 Å². The van der Waals surface area contributed by atoms with Gasteiger partial charge in [-0.15, -0.1) is 0 Å². The summed E-state index contributed by atoms with van der Waals surface area (Å²) in [6, 6.07) is 3.85. The quantitative estimate of drug-likeness (QED) is 0.653. The summed E-state index contributed by atoms with van der Waals surface area (Å²) < 4.78 is 10.6. The minimum Gasteiger partial charge on any atom is -0.464 e. The van der Waals surface area contributed by atoms with Gasteiger partial charge in [-0.05, 0) is 37.5 Å². The third-order valence-corrected chi connectivity index (χ3v) is 5.07. The topological polar surface area (TPSA) is 80.0 Å². The summed E-state index contributed by atoms with van der Waals surface area (Å²) in [6.07, 6.45) is 4.69. The molecule has 1 aliphatic carbocycles. The second kappa shape index (κ2) is 7.04. The molecule has 1 N–H and O–H groups in total. The maximum Gasteiger partial charge on any atom is 0.338 e. The van der Waals surface area contributed by atoms with Gasteiger partial charge in [0.05, 0.1) is 6.61 Å². The maximum absolute atomic E-state index is 12.3. The molecule has 6 heteroatoms. The fraction of sp³-hybridized carbons (Fsp3) is 0.579. The Kier molecular flexibility index (Phi) is 4.99. The van der Waals surface area contributed by atoms with Crippen LogP contribution in [-0.4, -0.2) is 47.2 Å². The molecule has 2 aliphatic rings. The number of likely N-dealkylation sites (tertiary alicyclic amines) is 1. The van der Waals surface area contributed by atoms with Crippen molar-refractivity contribution in [2.75, 3.05) is 19.7 Å². The molecule has 6 nitrogen and oxygen atoms in total. The molecule has 1 aliphatic heterocycles. The van der Waals surface area contributed by atoms with Crippen molar-refractivity contribution in [3.05, 3.63) is 29.7 Å². The Labute approximate surface area is 147 Å². The van der Waals surface area contributed by atoms with E-state index in [-0.39, 0.29) is 25.4 Å². The van der Waals surface area contributed by atoms with E-state index < -0.39 is 11.6 Å². The summed E-state index contributed by atoms with van der Waals surface area (Å²) in [5.74, 6) is 2.09. The third kappa shape index (κ3) is 3.95. The molecule has 0 aromatic carbocycles. The molecule has 0 spiro atoms. The summed E-state index contributed by atoms with van der Waals surface area (Å²) in [6.45, 7) is 4.77. The molecular weight excluding hydrogens is 322 g/mol. The second-order valence-electron chi connectivity index (χ2n) is 6.97. The Balaban J connectivity index is 1.52. The lowest BCUT2D eigenvalue weighted by molar-refractivity contribution is -0.171. The zero-order valence-corrected chi connectivity index (χ0v) is 14.7. The van der Waals surface area contributed by atoms with Crippen LogP contribution in [0.25, 0.3) is 6.08 Å². The molecule has 3 rings (SSSR count). The molecule has 136 valence electrons. The van der Waals surface area contributed by atoms with Gasteiger partial charge in [0, 0.05) is 37.9 Å². The zero-order valence-electron chi connectivity index (χ0n) is 14.7. The third-order valence-electron chi connectivity index (χ3n) is 5.07. The molecule has 0 unspecified atom stereocenters. The van der Waals surface area contributed by atoms with Gasteiger partial charge in [0.1, 0.15) is 11.5 Å². The van der Waals surface area contributed by atoms with Crippen LogP contribution in [0.15, 0.2) is 22.6 Å². The molecule has 1 aromatic heterocycles. The van der Waals surface area contributed by atoms with Crippen LogP contribution < -0.4 is 0 Å². The highest BCUT2D eigenvalue weighted by Gasteiger charge is 2.41. The van der Waals surface area contributed by atoms with Crippen LogP contribution in [0.5, 0.6) is 0 Å². The molecule has 0 bridgehead atoms. The Bertz CT molecular complexity index is 669. The highest BCUT2D eigenvalue weighted by molar-refractivity contribution is 5.91. The Hall–Kier alpha value is -2.08. The summed E-state index contributed by atoms with van der Waals surface area (Å²) in [7, 11) is 0. The predicted molar refractivity (Wildman–Crippen MR) is 91.7 cm³/mol. The summed E-state index contributed by atoms with van der Waals surface area (Å²) in [5, 5.41) is 10.3. The molecule has 2 heterocycles. The Morgan fingerprint density at radius 1 is 1.40 bits per heavy atom. The van der Waals surface area contributed by atoms with Gasteiger partial charge in [0.15, 0.2) is 5.60 Å². The average molecular weight is 347 g/mol. The number of esters is 1. The molecule has 1 amide bonds. The first kappa shape index (κ1) is 17.7. The van der Waals surface area contributed by atoms with Crippen molar-refractivity contribution in [3.8, 4) is 0 Å². The average Bonchev–Trinajstić information content (AvgIpc) is 3.14. The van der Waals surface area contributed by atoms with E-state index in [1.807, 2.05) is 12.1 Å². The standard InChI is InChI=1S/C19H25NO5/c1-3-24-18(22)19(23)8-10-20(11-9-19)17(21)7-5-14-4-6-16(25-14)15-12-13(15)2/h4-7,13,15,23H,3,8-12H2,1-2H3/b7-5+/t13-,15+/m0/s1. The number of carbonyl (C=O) groups is 2. The fourth-order valence-corrected chi connectivity index (χ4v) is 3.20. The number of rotatable bonds is 5. The van der Waals surface area contributed by atoms with Crippen molar-refractivity contribution in [2.24, 2.45) is 5.92 Å². The SMILES string of the molecule is CCOC(=O)C1(O)CCN(C(=O)/C=C/c2ccc([C@@H]3C[C@@H]3C)o2)CC1. The lowest BCUT2D eigenvalue weighted by atomic mass is 9.91. The first-order valence-corrected chi connectivity index (χ1v) is 8.89. The van der Waals surface area contributed by atoms with E-state index in [4.69, 9.17) is 9.15 Å². The van der Waals surface area contributed by atoms with Crippen LogP contribution in [0, 0.1) is 5.92 Å². The zero-order chi connectivity index (χ0) is 18.0. The van der Waals surface area contributed by atoms with E-state index in [0.717, 1.165) is 12.2 Å². The minimum absolute atomic E-state index is 0.149. The molecule has 2 fully saturated rings. The van der Waals surface area contributed by atoms with Crippen LogP contribution in [0.3, 0.4) is 0 Å². The Morgan fingerprint density at radius 2 is 2.08 bits per heavy atom. The van der Waals surface area contributed by atoms with E-state index in [1.165, 1.54) is 6.08 Å². The molecule has 1 saturated heterocycles. The molecule has 2 atom stereocenters. The number of ether oxygens (including phenoxy) is 1. The monoisotopic (exact) mass is 347 g/mol. The van der Waals surface area contributed by atoms with E-state index in [2.05, 4.69) is 6.92 Å². The van der Waals surface area contributed by atoms with Gasteiger partial charge in [-0.1, -0.05) is 6.92 Å². The van der Waals surface area contributed by atoms with E-state index in [0.29, 0.717) is 30.7 Å². The van der Waals surface area contributed by atoms with Crippen LogP contribution >= 0.6 is 0 Å². The lowest BCUT2D eigenvalue weighted by Gasteiger charge is -2.35. The van der Waals surface area contributed by atoms with Gasteiger partial charge in [-0.3, -0.25) is 4.79 Å². The largest absolute Gasteiger partial charge is 0.464 e. The predicted octanol–water partition coefficient (Wildman–Crippen LogP) is 2.33. The normalized spacial score (nSPS) is 25.2. The second-order valence-corrected chi connectivity index (χ2v) is 6.97.